The summed E-state index contributed by atoms with van der Waals surface area (Å²) in [5.74, 6) is 1.50. The van der Waals surface area contributed by atoms with Gasteiger partial charge in [-0.25, -0.2) is 9.67 Å². The summed E-state index contributed by atoms with van der Waals surface area (Å²) in [6, 6.07) is 14.1. The average Bonchev–Trinajstić information content (AvgIpc) is 3.34. The van der Waals surface area contributed by atoms with Gasteiger partial charge in [0.15, 0.2) is 0 Å². The fourth-order valence-corrected chi connectivity index (χ4v) is 4.11. The molecule has 31 heavy (non-hydrogen) atoms. The number of aromatic nitrogens is 2. The van der Waals surface area contributed by atoms with Crippen molar-refractivity contribution in [3.05, 3.63) is 60.4 Å². The molecule has 0 N–H and O–H groups in total. The lowest BCUT2D eigenvalue weighted by Gasteiger charge is -2.30. The van der Waals surface area contributed by atoms with Gasteiger partial charge in [-0.3, -0.25) is 0 Å². The second kappa shape index (κ2) is 8.43. The first-order valence-electron chi connectivity index (χ1n) is 10.6. The van der Waals surface area contributed by atoms with Gasteiger partial charge in [-0.1, -0.05) is 12.1 Å². The van der Waals surface area contributed by atoms with Crippen LogP contribution in [0.1, 0.15) is 31.1 Å². The number of hydrogen-bond acceptors (Lipinski definition) is 6. The Balaban J connectivity index is 1.52. The van der Waals surface area contributed by atoms with Crippen LogP contribution in [0, 0.1) is 0 Å². The van der Waals surface area contributed by atoms with E-state index in [1.54, 1.807) is 14.2 Å². The Bertz CT molecular complexity index is 1080. The van der Waals surface area contributed by atoms with Gasteiger partial charge in [-0.2, -0.15) is 5.10 Å². The van der Waals surface area contributed by atoms with Crippen molar-refractivity contribution in [3.8, 4) is 11.5 Å². The SMILES string of the molecule is COc1cc(OC)cc(N2CC(c3cnn(C4CCCCO4)c3)=Nc3ccccc32)c1. The van der Waals surface area contributed by atoms with E-state index >= 15 is 0 Å². The van der Waals surface area contributed by atoms with E-state index in [4.69, 9.17) is 19.2 Å². The zero-order valence-electron chi connectivity index (χ0n) is 17.8. The van der Waals surface area contributed by atoms with Crippen molar-refractivity contribution in [1.82, 2.24) is 9.78 Å². The molecule has 1 fully saturated rings. The van der Waals surface area contributed by atoms with E-state index < -0.39 is 0 Å². The van der Waals surface area contributed by atoms with Crippen LogP contribution in [0.25, 0.3) is 0 Å². The number of fused-ring (bicyclic) bond motifs is 1. The Morgan fingerprint density at radius 3 is 2.58 bits per heavy atom. The molecule has 2 aliphatic rings. The Labute approximate surface area is 181 Å². The van der Waals surface area contributed by atoms with Crippen molar-refractivity contribution in [3.63, 3.8) is 0 Å². The molecule has 0 radical (unpaired) electrons. The maximum atomic E-state index is 5.88. The molecule has 1 saturated heterocycles. The number of methoxy groups -OCH3 is 2. The molecule has 2 aliphatic heterocycles. The molecule has 2 aromatic carbocycles. The first kappa shape index (κ1) is 19.6. The van der Waals surface area contributed by atoms with Gasteiger partial charge in [0.2, 0.25) is 0 Å². The van der Waals surface area contributed by atoms with Gasteiger partial charge < -0.3 is 19.1 Å². The molecule has 7 nitrogen and oxygen atoms in total. The maximum Gasteiger partial charge on any atom is 0.150 e. The lowest BCUT2D eigenvalue weighted by Crippen LogP contribution is -2.28. The molecule has 3 aromatic rings. The van der Waals surface area contributed by atoms with Crippen LogP contribution in [-0.4, -0.2) is 42.9 Å². The number of hydrogen-bond donors (Lipinski definition) is 0. The molecule has 7 heteroatoms. The van der Waals surface area contributed by atoms with Crippen LogP contribution in [0.5, 0.6) is 11.5 Å². The summed E-state index contributed by atoms with van der Waals surface area (Å²) in [6.07, 6.45) is 7.22. The molecule has 1 atom stereocenters. The summed E-state index contributed by atoms with van der Waals surface area (Å²) in [4.78, 5) is 7.19. The Hall–Kier alpha value is -3.32. The summed E-state index contributed by atoms with van der Waals surface area (Å²) in [5, 5.41) is 4.58. The monoisotopic (exact) mass is 418 g/mol. The third kappa shape index (κ3) is 3.88. The van der Waals surface area contributed by atoms with Crippen molar-refractivity contribution in [2.24, 2.45) is 4.99 Å². The smallest absolute Gasteiger partial charge is 0.150 e. The van der Waals surface area contributed by atoms with Gasteiger partial charge in [-0.05, 0) is 31.4 Å². The lowest BCUT2D eigenvalue weighted by atomic mass is 10.1. The summed E-state index contributed by atoms with van der Waals surface area (Å²) in [7, 11) is 3.33. The van der Waals surface area contributed by atoms with Crippen LogP contribution in [0.4, 0.5) is 17.1 Å². The fraction of sp³-hybridized carbons (Fsp3) is 0.333. The van der Waals surface area contributed by atoms with Gasteiger partial charge in [0.25, 0.3) is 0 Å². The van der Waals surface area contributed by atoms with Crippen LogP contribution in [-0.2, 0) is 4.74 Å². The van der Waals surface area contributed by atoms with E-state index in [2.05, 4.69) is 16.1 Å². The first-order chi connectivity index (χ1) is 15.2. The number of anilines is 2. The van der Waals surface area contributed by atoms with E-state index in [0.29, 0.717) is 6.54 Å². The second-order valence-electron chi connectivity index (χ2n) is 7.73. The molecule has 1 aromatic heterocycles. The largest absolute Gasteiger partial charge is 0.497 e. The van der Waals surface area contributed by atoms with E-state index in [9.17, 15) is 0 Å². The highest BCUT2D eigenvalue weighted by Crippen LogP contribution is 2.40. The number of para-hydroxylation sites is 2. The van der Waals surface area contributed by atoms with Crippen LogP contribution in [0.15, 0.2) is 59.9 Å². The van der Waals surface area contributed by atoms with E-state index in [1.807, 2.05) is 53.5 Å². The molecule has 0 bridgehead atoms. The number of ether oxygens (including phenoxy) is 3. The Kier molecular flexibility index (Phi) is 5.34. The van der Waals surface area contributed by atoms with Crippen molar-refractivity contribution < 1.29 is 14.2 Å². The predicted octanol–water partition coefficient (Wildman–Crippen LogP) is 4.87. The van der Waals surface area contributed by atoms with Crippen LogP contribution in [0.3, 0.4) is 0 Å². The van der Waals surface area contributed by atoms with Gasteiger partial charge in [0, 0.05) is 42.3 Å². The number of rotatable bonds is 5. The van der Waals surface area contributed by atoms with Gasteiger partial charge >= 0.3 is 0 Å². The molecule has 0 amide bonds. The first-order valence-corrected chi connectivity index (χ1v) is 10.6. The molecule has 160 valence electrons. The number of nitrogens with zero attached hydrogens (tertiary/aromatic N) is 4. The topological polar surface area (TPSA) is 61.1 Å². The number of aliphatic imine (C=N–C) groups is 1. The molecule has 0 spiro atoms. The van der Waals surface area contributed by atoms with Crippen molar-refractivity contribution in [2.75, 3.05) is 32.3 Å². The van der Waals surface area contributed by atoms with E-state index in [-0.39, 0.29) is 6.23 Å². The summed E-state index contributed by atoms with van der Waals surface area (Å²) < 4.78 is 18.8. The second-order valence-corrected chi connectivity index (χ2v) is 7.73. The molecule has 3 heterocycles. The van der Waals surface area contributed by atoms with Crippen molar-refractivity contribution in [1.29, 1.82) is 0 Å². The zero-order chi connectivity index (χ0) is 21.2. The van der Waals surface area contributed by atoms with Crippen LogP contribution in [0.2, 0.25) is 0 Å². The quantitative estimate of drug-likeness (QED) is 0.591. The van der Waals surface area contributed by atoms with Crippen molar-refractivity contribution in [2.45, 2.75) is 25.5 Å². The van der Waals surface area contributed by atoms with Gasteiger partial charge in [0.1, 0.15) is 17.7 Å². The minimum absolute atomic E-state index is 0.0118. The minimum atomic E-state index is 0.0118. The van der Waals surface area contributed by atoms with E-state index in [0.717, 1.165) is 59.3 Å². The highest BCUT2D eigenvalue weighted by Gasteiger charge is 2.24. The third-order valence-electron chi connectivity index (χ3n) is 5.77. The zero-order valence-corrected chi connectivity index (χ0v) is 17.8. The van der Waals surface area contributed by atoms with Crippen molar-refractivity contribution >= 4 is 22.8 Å². The summed E-state index contributed by atoms with van der Waals surface area (Å²) in [5.41, 5.74) is 4.92. The molecule has 0 aliphatic carbocycles. The molecule has 0 saturated carbocycles. The minimum Gasteiger partial charge on any atom is -0.497 e. The Morgan fingerprint density at radius 2 is 1.84 bits per heavy atom. The number of benzene rings is 2. The van der Waals surface area contributed by atoms with Crippen LogP contribution >= 0.6 is 0 Å². The molecular formula is C24H26N4O3. The normalized spacial score (nSPS) is 18.3. The Morgan fingerprint density at radius 1 is 1.03 bits per heavy atom. The third-order valence-corrected chi connectivity index (χ3v) is 5.77. The standard InChI is InChI=1S/C24H26N4O3/c1-29-19-11-18(12-20(13-19)30-2)27-16-22(26-21-7-3-4-8-23(21)27)17-14-25-28(15-17)24-9-5-6-10-31-24/h3-4,7-8,11-15,24H,5-6,9-10,16H2,1-2H3. The van der Waals surface area contributed by atoms with Crippen LogP contribution < -0.4 is 14.4 Å². The van der Waals surface area contributed by atoms with E-state index in [1.165, 1.54) is 6.42 Å². The maximum absolute atomic E-state index is 5.88. The highest BCUT2D eigenvalue weighted by molar-refractivity contribution is 6.08. The van der Waals surface area contributed by atoms with Gasteiger partial charge in [-0.15, -0.1) is 0 Å². The molecule has 1 unspecified atom stereocenters. The average molecular weight is 418 g/mol. The summed E-state index contributed by atoms with van der Waals surface area (Å²) >= 11 is 0. The molecular weight excluding hydrogens is 392 g/mol. The molecule has 5 rings (SSSR count). The fourth-order valence-electron chi connectivity index (χ4n) is 4.11. The summed E-state index contributed by atoms with van der Waals surface area (Å²) in [6.45, 7) is 1.41. The lowest BCUT2D eigenvalue weighted by molar-refractivity contribution is -0.0394. The van der Waals surface area contributed by atoms with Gasteiger partial charge in [0.05, 0.1) is 44.0 Å². The highest BCUT2D eigenvalue weighted by atomic mass is 16.5. The predicted molar refractivity (Wildman–Crippen MR) is 120 cm³/mol.